The Morgan fingerprint density at radius 1 is 1.50 bits per heavy atom. The van der Waals surface area contributed by atoms with Gasteiger partial charge in [-0.2, -0.15) is 0 Å². The van der Waals surface area contributed by atoms with Gasteiger partial charge in [0.25, 0.3) is 5.91 Å². The van der Waals surface area contributed by atoms with Crippen LogP contribution in [0.3, 0.4) is 0 Å². The van der Waals surface area contributed by atoms with E-state index in [-0.39, 0.29) is 18.4 Å². The SMILES string of the molecule is COCCCNC(=O)CN1C(=O)N[C@]2(CCCc3sccc32)C1=O. The third-order valence-corrected chi connectivity index (χ3v) is 5.47. The van der Waals surface area contributed by atoms with Crippen LogP contribution in [-0.4, -0.2) is 49.6 Å². The Hall–Kier alpha value is -1.93. The first-order valence-electron chi connectivity index (χ1n) is 8.05. The number of carbonyl (C=O) groups excluding carboxylic acids is 3. The molecule has 0 unspecified atom stereocenters. The second-order valence-electron chi connectivity index (χ2n) is 6.03. The summed E-state index contributed by atoms with van der Waals surface area (Å²) in [5.41, 5.74) is -0.0961. The molecule has 0 aromatic carbocycles. The van der Waals surface area contributed by atoms with Crippen molar-refractivity contribution in [3.05, 3.63) is 21.9 Å². The zero-order chi connectivity index (χ0) is 17.2. The number of thiophene rings is 1. The van der Waals surface area contributed by atoms with Crippen molar-refractivity contribution in [3.8, 4) is 0 Å². The predicted molar refractivity (Wildman–Crippen MR) is 88.7 cm³/mol. The molecule has 4 amide bonds. The Morgan fingerprint density at radius 3 is 3.12 bits per heavy atom. The molecule has 1 fully saturated rings. The van der Waals surface area contributed by atoms with Crippen LogP contribution in [0.15, 0.2) is 11.4 Å². The summed E-state index contributed by atoms with van der Waals surface area (Å²) < 4.78 is 4.91. The summed E-state index contributed by atoms with van der Waals surface area (Å²) in [4.78, 5) is 39.4. The standard InChI is InChI=1S/C16H21N3O4S/c1-23-8-3-7-17-13(20)10-19-14(21)16(18-15(19)22)6-2-4-12-11(16)5-9-24-12/h5,9H,2-4,6-8,10H2,1H3,(H,17,20)(H,18,22)/t16-/m0/s1. The molecule has 1 aromatic rings. The molecular formula is C16H21N3O4S. The van der Waals surface area contributed by atoms with E-state index >= 15 is 0 Å². The molecule has 0 bridgehead atoms. The van der Waals surface area contributed by atoms with Crippen LogP contribution < -0.4 is 10.6 Å². The van der Waals surface area contributed by atoms with E-state index in [1.54, 1.807) is 18.4 Å². The molecular weight excluding hydrogens is 330 g/mol. The molecule has 0 radical (unpaired) electrons. The van der Waals surface area contributed by atoms with Crippen LogP contribution in [0.25, 0.3) is 0 Å². The number of hydrogen-bond acceptors (Lipinski definition) is 5. The largest absolute Gasteiger partial charge is 0.385 e. The van der Waals surface area contributed by atoms with Gasteiger partial charge < -0.3 is 15.4 Å². The molecule has 1 spiro atoms. The average Bonchev–Trinajstić information content (AvgIpc) is 3.13. The van der Waals surface area contributed by atoms with Gasteiger partial charge in [-0.1, -0.05) is 0 Å². The number of rotatable bonds is 6. The summed E-state index contributed by atoms with van der Waals surface area (Å²) in [6, 6.07) is 1.41. The van der Waals surface area contributed by atoms with Gasteiger partial charge in [0.1, 0.15) is 12.1 Å². The van der Waals surface area contributed by atoms with Crippen LogP contribution in [-0.2, 0) is 26.3 Å². The molecule has 7 nitrogen and oxygen atoms in total. The van der Waals surface area contributed by atoms with Crippen LogP contribution in [0.5, 0.6) is 0 Å². The highest BCUT2D eigenvalue weighted by molar-refractivity contribution is 7.10. The molecule has 130 valence electrons. The van der Waals surface area contributed by atoms with Crippen LogP contribution in [0.4, 0.5) is 4.79 Å². The molecule has 0 saturated carbocycles. The molecule has 1 atom stereocenters. The van der Waals surface area contributed by atoms with Crippen molar-refractivity contribution in [1.29, 1.82) is 0 Å². The van der Waals surface area contributed by atoms with Crippen LogP contribution >= 0.6 is 11.3 Å². The molecule has 1 saturated heterocycles. The fourth-order valence-electron chi connectivity index (χ4n) is 3.33. The van der Waals surface area contributed by atoms with E-state index in [1.807, 2.05) is 11.4 Å². The van der Waals surface area contributed by atoms with E-state index in [4.69, 9.17) is 4.74 Å². The van der Waals surface area contributed by atoms with Gasteiger partial charge in [0.2, 0.25) is 5.91 Å². The van der Waals surface area contributed by atoms with Crippen molar-refractivity contribution in [1.82, 2.24) is 15.5 Å². The number of urea groups is 1. The number of methoxy groups -OCH3 is 1. The topological polar surface area (TPSA) is 87.7 Å². The van der Waals surface area contributed by atoms with Crippen molar-refractivity contribution in [2.45, 2.75) is 31.2 Å². The maximum absolute atomic E-state index is 12.9. The maximum Gasteiger partial charge on any atom is 0.325 e. The zero-order valence-electron chi connectivity index (χ0n) is 13.6. The number of hydrogen-bond donors (Lipinski definition) is 2. The van der Waals surface area contributed by atoms with E-state index in [0.717, 1.165) is 28.2 Å². The number of imide groups is 1. The van der Waals surface area contributed by atoms with E-state index in [9.17, 15) is 14.4 Å². The maximum atomic E-state index is 12.9. The molecule has 1 aliphatic carbocycles. The van der Waals surface area contributed by atoms with Gasteiger partial charge in [-0.05, 0) is 37.1 Å². The summed E-state index contributed by atoms with van der Waals surface area (Å²) in [5, 5.41) is 7.48. The fourth-order valence-corrected chi connectivity index (χ4v) is 4.33. The van der Waals surface area contributed by atoms with Gasteiger partial charge in [-0.15, -0.1) is 11.3 Å². The Morgan fingerprint density at radius 2 is 2.33 bits per heavy atom. The molecule has 24 heavy (non-hydrogen) atoms. The second kappa shape index (κ2) is 6.90. The van der Waals surface area contributed by atoms with Crippen molar-refractivity contribution >= 4 is 29.2 Å². The summed E-state index contributed by atoms with van der Waals surface area (Å²) in [6.07, 6.45) is 3.03. The number of aryl methyl sites for hydroxylation is 1. The quantitative estimate of drug-likeness (QED) is 0.591. The van der Waals surface area contributed by atoms with Crippen molar-refractivity contribution in [2.75, 3.05) is 26.8 Å². The van der Waals surface area contributed by atoms with Crippen LogP contribution in [0.2, 0.25) is 0 Å². The highest BCUT2D eigenvalue weighted by Crippen LogP contribution is 2.41. The Bertz CT molecular complexity index is 660. The number of nitrogens with zero attached hydrogens (tertiary/aromatic N) is 1. The lowest BCUT2D eigenvalue weighted by Crippen LogP contribution is -2.46. The molecule has 2 aliphatic rings. The first-order chi connectivity index (χ1) is 11.6. The third kappa shape index (κ3) is 2.91. The minimum absolute atomic E-state index is 0.251. The van der Waals surface area contributed by atoms with E-state index < -0.39 is 11.6 Å². The monoisotopic (exact) mass is 351 g/mol. The number of amides is 4. The van der Waals surface area contributed by atoms with Crippen LogP contribution in [0.1, 0.15) is 29.7 Å². The summed E-state index contributed by atoms with van der Waals surface area (Å²) in [7, 11) is 1.59. The smallest absolute Gasteiger partial charge is 0.325 e. The molecule has 3 rings (SSSR count). The van der Waals surface area contributed by atoms with Gasteiger partial charge in [0.15, 0.2) is 0 Å². The second-order valence-corrected chi connectivity index (χ2v) is 7.03. The zero-order valence-corrected chi connectivity index (χ0v) is 14.4. The van der Waals surface area contributed by atoms with Crippen LogP contribution in [0, 0.1) is 0 Å². The van der Waals surface area contributed by atoms with Crippen molar-refractivity contribution < 1.29 is 19.1 Å². The lowest BCUT2D eigenvalue weighted by atomic mass is 9.80. The van der Waals surface area contributed by atoms with Gasteiger partial charge in [0.05, 0.1) is 0 Å². The molecule has 2 N–H and O–H groups in total. The Labute approximate surface area is 144 Å². The summed E-state index contributed by atoms with van der Waals surface area (Å²) in [6.45, 7) is 0.752. The summed E-state index contributed by atoms with van der Waals surface area (Å²) in [5.74, 6) is -0.660. The Kier molecular flexibility index (Phi) is 4.86. The molecule has 8 heteroatoms. The van der Waals surface area contributed by atoms with Gasteiger partial charge in [-0.3, -0.25) is 14.5 Å². The molecule has 2 heterocycles. The highest BCUT2D eigenvalue weighted by atomic mass is 32.1. The lowest BCUT2D eigenvalue weighted by Gasteiger charge is -2.31. The predicted octanol–water partition coefficient (Wildman–Crippen LogP) is 0.984. The number of fused-ring (bicyclic) bond motifs is 2. The molecule has 1 aliphatic heterocycles. The van der Waals surface area contributed by atoms with Crippen molar-refractivity contribution in [3.63, 3.8) is 0 Å². The minimum atomic E-state index is -0.985. The first-order valence-corrected chi connectivity index (χ1v) is 8.93. The molecule has 1 aromatic heterocycles. The van der Waals surface area contributed by atoms with Gasteiger partial charge in [0, 0.05) is 30.7 Å². The fraction of sp³-hybridized carbons (Fsp3) is 0.562. The van der Waals surface area contributed by atoms with E-state index in [1.165, 1.54) is 0 Å². The highest BCUT2D eigenvalue weighted by Gasteiger charge is 2.54. The number of nitrogens with one attached hydrogen (secondary N) is 2. The van der Waals surface area contributed by atoms with E-state index in [0.29, 0.717) is 26.0 Å². The van der Waals surface area contributed by atoms with Gasteiger partial charge >= 0.3 is 6.03 Å². The minimum Gasteiger partial charge on any atom is -0.385 e. The Balaban J connectivity index is 1.69. The normalized spacial score (nSPS) is 22.6. The number of ether oxygens (including phenoxy) is 1. The van der Waals surface area contributed by atoms with Crippen molar-refractivity contribution in [2.24, 2.45) is 0 Å². The van der Waals surface area contributed by atoms with E-state index in [2.05, 4.69) is 10.6 Å². The average molecular weight is 351 g/mol. The lowest BCUT2D eigenvalue weighted by molar-refractivity contribution is -0.135. The first kappa shape index (κ1) is 16.9. The third-order valence-electron chi connectivity index (χ3n) is 4.49. The summed E-state index contributed by atoms with van der Waals surface area (Å²) >= 11 is 1.61. The van der Waals surface area contributed by atoms with Gasteiger partial charge in [-0.25, -0.2) is 4.79 Å². The number of carbonyl (C=O) groups is 3.